The predicted octanol–water partition coefficient (Wildman–Crippen LogP) is 2.05. The standard InChI is InChI=1S/C16H19FN2O/c1-11-4-6-14(9-11)19-16(20)15-7-5-13(17)10-12(15)3-2-8-18/h5,7,10-11,14H,4,6,8-9,18H2,1H3,(H,19,20). The molecule has 2 unspecified atom stereocenters. The third kappa shape index (κ3) is 3.58. The monoisotopic (exact) mass is 274 g/mol. The average Bonchev–Trinajstić information content (AvgIpc) is 2.81. The van der Waals surface area contributed by atoms with Crippen molar-refractivity contribution in [3.05, 3.63) is 35.1 Å². The molecule has 2 rings (SSSR count). The van der Waals surface area contributed by atoms with E-state index in [0.29, 0.717) is 17.0 Å². The minimum atomic E-state index is -0.405. The summed E-state index contributed by atoms with van der Waals surface area (Å²) in [4.78, 5) is 12.3. The summed E-state index contributed by atoms with van der Waals surface area (Å²) in [5, 5.41) is 3.00. The summed E-state index contributed by atoms with van der Waals surface area (Å²) in [6.45, 7) is 2.36. The molecule has 0 heterocycles. The Hall–Kier alpha value is -1.86. The Bertz CT molecular complexity index is 559. The number of halogens is 1. The Labute approximate surface area is 118 Å². The van der Waals surface area contributed by atoms with Crippen molar-refractivity contribution in [2.24, 2.45) is 11.7 Å². The van der Waals surface area contributed by atoms with E-state index in [1.165, 1.54) is 18.2 Å². The lowest BCUT2D eigenvalue weighted by atomic mass is 10.1. The van der Waals surface area contributed by atoms with E-state index in [0.717, 1.165) is 19.3 Å². The first-order valence-electron chi connectivity index (χ1n) is 6.89. The Kier molecular flexibility index (Phi) is 4.75. The van der Waals surface area contributed by atoms with Crippen LogP contribution < -0.4 is 11.1 Å². The van der Waals surface area contributed by atoms with E-state index in [2.05, 4.69) is 24.1 Å². The summed E-state index contributed by atoms with van der Waals surface area (Å²) in [5.74, 6) is 5.46. The lowest BCUT2D eigenvalue weighted by Gasteiger charge is -2.13. The smallest absolute Gasteiger partial charge is 0.252 e. The molecule has 1 aliphatic carbocycles. The van der Waals surface area contributed by atoms with Crippen molar-refractivity contribution < 1.29 is 9.18 Å². The lowest BCUT2D eigenvalue weighted by molar-refractivity contribution is 0.0937. The Morgan fingerprint density at radius 1 is 1.50 bits per heavy atom. The fourth-order valence-electron chi connectivity index (χ4n) is 2.57. The first kappa shape index (κ1) is 14.5. The van der Waals surface area contributed by atoms with Crippen LogP contribution in [0.2, 0.25) is 0 Å². The third-order valence-corrected chi connectivity index (χ3v) is 3.58. The van der Waals surface area contributed by atoms with Gasteiger partial charge in [-0.25, -0.2) is 4.39 Å². The lowest BCUT2D eigenvalue weighted by Crippen LogP contribution is -2.33. The summed E-state index contributed by atoms with van der Waals surface area (Å²) in [7, 11) is 0. The molecular weight excluding hydrogens is 255 g/mol. The number of carbonyl (C=O) groups is 1. The van der Waals surface area contributed by atoms with Gasteiger partial charge in [-0.2, -0.15) is 0 Å². The van der Waals surface area contributed by atoms with Gasteiger partial charge in [0.05, 0.1) is 12.1 Å². The molecule has 0 bridgehead atoms. The highest BCUT2D eigenvalue weighted by Gasteiger charge is 2.23. The number of benzene rings is 1. The molecule has 20 heavy (non-hydrogen) atoms. The van der Waals surface area contributed by atoms with E-state index in [9.17, 15) is 9.18 Å². The summed E-state index contributed by atoms with van der Waals surface area (Å²) in [5.41, 5.74) is 6.12. The second-order valence-corrected chi connectivity index (χ2v) is 5.28. The van der Waals surface area contributed by atoms with Crippen molar-refractivity contribution in [3.8, 4) is 11.8 Å². The van der Waals surface area contributed by atoms with Crippen molar-refractivity contribution in [3.63, 3.8) is 0 Å². The molecule has 4 heteroatoms. The highest BCUT2D eigenvalue weighted by atomic mass is 19.1. The SMILES string of the molecule is CC1CCC(NC(=O)c2ccc(F)cc2C#CCN)C1. The van der Waals surface area contributed by atoms with Crippen LogP contribution in [0.5, 0.6) is 0 Å². The van der Waals surface area contributed by atoms with Crippen LogP contribution >= 0.6 is 0 Å². The number of amides is 1. The minimum Gasteiger partial charge on any atom is -0.349 e. The number of carbonyl (C=O) groups excluding carboxylic acids is 1. The van der Waals surface area contributed by atoms with Gasteiger partial charge in [0.1, 0.15) is 5.82 Å². The van der Waals surface area contributed by atoms with E-state index in [-0.39, 0.29) is 18.5 Å². The van der Waals surface area contributed by atoms with Crippen LogP contribution in [0.15, 0.2) is 18.2 Å². The minimum absolute atomic E-state index is 0.178. The van der Waals surface area contributed by atoms with Crippen LogP contribution in [-0.4, -0.2) is 18.5 Å². The van der Waals surface area contributed by atoms with Crippen molar-refractivity contribution in [2.45, 2.75) is 32.2 Å². The van der Waals surface area contributed by atoms with Gasteiger partial charge in [0.2, 0.25) is 0 Å². The molecule has 1 saturated carbocycles. The van der Waals surface area contributed by atoms with Gasteiger partial charge in [-0.15, -0.1) is 0 Å². The van der Waals surface area contributed by atoms with E-state index < -0.39 is 5.82 Å². The van der Waals surface area contributed by atoms with Gasteiger partial charge in [0.15, 0.2) is 0 Å². The molecule has 1 amide bonds. The fraction of sp³-hybridized carbons (Fsp3) is 0.438. The zero-order chi connectivity index (χ0) is 14.5. The van der Waals surface area contributed by atoms with Crippen LogP contribution in [0.3, 0.4) is 0 Å². The molecule has 0 aromatic heterocycles. The molecule has 0 aliphatic heterocycles. The number of nitrogens with two attached hydrogens (primary N) is 1. The van der Waals surface area contributed by atoms with E-state index in [1.807, 2.05) is 0 Å². The Morgan fingerprint density at radius 3 is 2.95 bits per heavy atom. The van der Waals surface area contributed by atoms with E-state index >= 15 is 0 Å². The van der Waals surface area contributed by atoms with Crippen LogP contribution in [0, 0.1) is 23.6 Å². The second-order valence-electron chi connectivity index (χ2n) is 5.28. The van der Waals surface area contributed by atoms with Gasteiger partial charge in [-0.05, 0) is 43.4 Å². The Balaban J connectivity index is 2.16. The maximum absolute atomic E-state index is 13.3. The molecule has 3 N–H and O–H groups in total. The summed E-state index contributed by atoms with van der Waals surface area (Å²) in [6.07, 6.45) is 3.13. The molecule has 1 fully saturated rings. The second kappa shape index (κ2) is 6.53. The number of rotatable bonds is 2. The zero-order valence-corrected chi connectivity index (χ0v) is 11.6. The van der Waals surface area contributed by atoms with Crippen LogP contribution in [0.25, 0.3) is 0 Å². The van der Waals surface area contributed by atoms with Crippen molar-refractivity contribution in [1.29, 1.82) is 0 Å². The molecule has 1 aromatic rings. The van der Waals surface area contributed by atoms with E-state index in [1.54, 1.807) is 0 Å². The summed E-state index contributed by atoms with van der Waals surface area (Å²) in [6, 6.07) is 4.23. The summed E-state index contributed by atoms with van der Waals surface area (Å²) < 4.78 is 13.3. The fourth-order valence-corrected chi connectivity index (χ4v) is 2.57. The summed E-state index contributed by atoms with van der Waals surface area (Å²) >= 11 is 0. The van der Waals surface area contributed by atoms with Crippen molar-refractivity contribution >= 4 is 5.91 Å². The predicted molar refractivity (Wildman–Crippen MR) is 76.6 cm³/mol. The molecule has 0 spiro atoms. The van der Waals surface area contributed by atoms with Crippen molar-refractivity contribution in [1.82, 2.24) is 5.32 Å². The zero-order valence-electron chi connectivity index (χ0n) is 11.6. The first-order valence-corrected chi connectivity index (χ1v) is 6.89. The highest BCUT2D eigenvalue weighted by molar-refractivity contribution is 5.96. The van der Waals surface area contributed by atoms with Crippen LogP contribution in [-0.2, 0) is 0 Å². The highest BCUT2D eigenvalue weighted by Crippen LogP contribution is 2.25. The topological polar surface area (TPSA) is 55.1 Å². The van der Waals surface area contributed by atoms with Crippen LogP contribution in [0.1, 0.15) is 42.1 Å². The molecule has 106 valence electrons. The van der Waals surface area contributed by atoms with Gasteiger partial charge in [-0.3, -0.25) is 4.79 Å². The molecule has 0 saturated heterocycles. The average molecular weight is 274 g/mol. The number of hydrogen-bond acceptors (Lipinski definition) is 2. The van der Waals surface area contributed by atoms with Crippen LogP contribution in [0.4, 0.5) is 4.39 Å². The third-order valence-electron chi connectivity index (χ3n) is 3.58. The van der Waals surface area contributed by atoms with Gasteiger partial charge in [-0.1, -0.05) is 18.8 Å². The molecule has 1 aromatic carbocycles. The number of nitrogens with one attached hydrogen (secondary N) is 1. The maximum atomic E-state index is 13.3. The molecular formula is C16H19FN2O. The van der Waals surface area contributed by atoms with E-state index in [4.69, 9.17) is 5.73 Å². The van der Waals surface area contributed by atoms with Gasteiger partial charge >= 0.3 is 0 Å². The van der Waals surface area contributed by atoms with Gasteiger partial charge in [0.25, 0.3) is 5.91 Å². The molecule has 3 nitrogen and oxygen atoms in total. The molecule has 2 atom stereocenters. The number of hydrogen-bond donors (Lipinski definition) is 2. The van der Waals surface area contributed by atoms with Gasteiger partial charge in [0, 0.05) is 11.6 Å². The largest absolute Gasteiger partial charge is 0.349 e. The normalized spacial score (nSPS) is 21.1. The first-order chi connectivity index (χ1) is 9.60. The Morgan fingerprint density at radius 2 is 2.30 bits per heavy atom. The molecule has 1 aliphatic rings. The van der Waals surface area contributed by atoms with Gasteiger partial charge < -0.3 is 11.1 Å². The van der Waals surface area contributed by atoms with Crippen molar-refractivity contribution in [2.75, 3.05) is 6.54 Å². The molecule has 0 radical (unpaired) electrons. The maximum Gasteiger partial charge on any atom is 0.252 e. The quantitative estimate of drug-likeness (QED) is 0.811.